The molecule has 0 aliphatic heterocycles. The summed E-state index contributed by atoms with van der Waals surface area (Å²) >= 11 is 0. The second-order valence-electron chi connectivity index (χ2n) is 3.72. The molecule has 0 N–H and O–H groups in total. The predicted molar refractivity (Wildman–Crippen MR) is 67.6 cm³/mol. The van der Waals surface area contributed by atoms with Gasteiger partial charge in [-0.2, -0.15) is 0 Å². The van der Waals surface area contributed by atoms with Crippen molar-refractivity contribution in [1.29, 1.82) is 0 Å². The van der Waals surface area contributed by atoms with Crippen LogP contribution in [0.25, 0.3) is 0 Å². The summed E-state index contributed by atoms with van der Waals surface area (Å²) in [5.74, 6) is 0.860. The molecule has 0 heterocycles. The normalized spacial score (nSPS) is 15.1. The highest BCUT2D eigenvalue weighted by molar-refractivity contribution is 6.00. The molecular weight excluding hydrogens is 198 g/mol. The van der Waals surface area contributed by atoms with Gasteiger partial charge in [-0.1, -0.05) is 18.2 Å². The van der Waals surface area contributed by atoms with E-state index < -0.39 is 0 Å². The Morgan fingerprint density at radius 3 is 2.56 bits per heavy atom. The van der Waals surface area contributed by atoms with Gasteiger partial charge in [0.05, 0.1) is 12.8 Å². The zero-order valence-electron chi connectivity index (χ0n) is 9.60. The molecule has 0 unspecified atom stereocenters. The first-order chi connectivity index (χ1) is 7.79. The first-order valence-electron chi connectivity index (χ1n) is 5.35. The van der Waals surface area contributed by atoms with Crippen LogP contribution in [-0.4, -0.2) is 12.8 Å². The van der Waals surface area contributed by atoms with Crippen molar-refractivity contribution in [2.75, 3.05) is 7.11 Å². The number of ether oxygens (including phenoxy) is 1. The number of hydrogen-bond donors (Lipinski definition) is 0. The van der Waals surface area contributed by atoms with Gasteiger partial charge in [0, 0.05) is 5.71 Å². The van der Waals surface area contributed by atoms with Crippen LogP contribution in [0.2, 0.25) is 0 Å². The lowest BCUT2D eigenvalue weighted by Crippen LogP contribution is -1.93. The highest BCUT2D eigenvalue weighted by Crippen LogP contribution is 2.20. The quantitative estimate of drug-likeness (QED) is 0.702. The monoisotopic (exact) mass is 213 g/mol. The fourth-order valence-corrected chi connectivity index (χ4v) is 1.64. The molecule has 0 bridgehead atoms. The van der Waals surface area contributed by atoms with Crippen LogP contribution < -0.4 is 4.74 Å². The number of methoxy groups -OCH3 is 1. The van der Waals surface area contributed by atoms with Crippen molar-refractivity contribution in [3.63, 3.8) is 0 Å². The van der Waals surface area contributed by atoms with E-state index in [4.69, 9.17) is 4.74 Å². The van der Waals surface area contributed by atoms with Crippen LogP contribution in [0.3, 0.4) is 0 Å². The Hall–Kier alpha value is -1.83. The summed E-state index contributed by atoms with van der Waals surface area (Å²) in [6, 6.07) is 7.78. The van der Waals surface area contributed by atoms with Crippen molar-refractivity contribution < 1.29 is 4.74 Å². The molecule has 2 rings (SSSR count). The van der Waals surface area contributed by atoms with E-state index in [1.165, 1.54) is 5.57 Å². The van der Waals surface area contributed by atoms with Gasteiger partial charge < -0.3 is 4.74 Å². The maximum atomic E-state index is 5.10. The number of rotatable bonds is 3. The van der Waals surface area contributed by atoms with Crippen LogP contribution in [0.15, 0.2) is 53.1 Å². The van der Waals surface area contributed by atoms with E-state index in [0.717, 1.165) is 23.6 Å². The Bertz CT molecular complexity index is 452. The van der Waals surface area contributed by atoms with Crippen molar-refractivity contribution in [2.24, 2.45) is 4.99 Å². The molecule has 0 fully saturated rings. The van der Waals surface area contributed by atoms with Crippen molar-refractivity contribution >= 4 is 11.4 Å². The van der Waals surface area contributed by atoms with Crippen molar-refractivity contribution in [2.45, 2.75) is 13.3 Å². The standard InChI is InChI=1S/C14H15NO/c1-11(12-5-3-4-6-12)15-13-7-9-14(16-2)10-8-13/h3-5,7-10H,6H2,1-2H3. The fraction of sp³-hybridized carbons (Fsp3) is 0.214. The molecule has 0 spiro atoms. The van der Waals surface area contributed by atoms with Gasteiger partial charge in [-0.15, -0.1) is 0 Å². The maximum Gasteiger partial charge on any atom is 0.119 e. The molecule has 82 valence electrons. The van der Waals surface area contributed by atoms with Crippen LogP contribution in [0, 0.1) is 0 Å². The SMILES string of the molecule is COc1ccc(N=C(C)C2=CC=CC2)cc1. The third-order valence-electron chi connectivity index (χ3n) is 2.61. The van der Waals surface area contributed by atoms with Gasteiger partial charge in [-0.3, -0.25) is 4.99 Å². The molecule has 16 heavy (non-hydrogen) atoms. The van der Waals surface area contributed by atoms with Gasteiger partial charge >= 0.3 is 0 Å². The molecule has 0 saturated heterocycles. The van der Waals surface area contributed by atoms with E-state index in [1.807, 2.05) is 31.2 Å². The first kappa shape index (κ1) is 10.7. The molecule has 0 amide bonds. The summed E-state index contributed by atoms with van der Waals surface area (Å²) in [5, 5.41) is 0. The minimum atomic E-state index is 0.860. The highest BCUT2D eigenvalue weighted by Gasteiger charge is 2.03. The van der Waals surface area contributed by atoms with Gasteiger partial charge in [-0.25, -0.2) is 0 Å². The second-order valence-corrected chi connectivity index (χ2v) is 3.72. The molecule has 0 radical (unpaired) electrons. The number of aliphatic imine (C=N–C) groups is 1. The second kappa shape index (κ2) is 4.79. The topological polar surface area (TPSA) is 21.6 Å². The summed E-state index contributed by atoms with van der Waals surface area (Å²) < 4.78 is 5.10. The average Bonchev–Trinajstić information content (AvgIpc) is 2.83. The molecule has 1 aromatic carbocycles. The Kier molecular flexibility index (Phi) is 3.20. The predicted octanol–water partition coefficient (Wildman–Crippen LogP) is 3.67. The summed E-state index contributed by atoms with van der Waals surface area (Å²) in [6.45, 7) is 2.04. The van der Waals surface area contributed by atoms with Crippen LogP contribution >= 0.6 is 0 Å². The van der Waals surface area contributed by atoms with Gasteiger partial charge in [0.1, 0.15) is 5.75 Å². The molecule has 1 aliphatic carbocycles. The van der Waals surface area contributed by atoms with Gasteiger partial charge in [0.15, 0.2) is 0 Å². The van der Waals surface area contributed by atoms with Gasteiger partial charge in [0.2, 0.25) is 0 Å². The van der Waals surface area contributed by atoms with Gasteiger partial charge in [-0.05, 0) is 43.2 Å². The van der Waals surface area contributed by atoms with Crippen LogP contribution in [0.4, 0.5) is 5.69 Å². The van der Waals surface area contributed by atoms with Gasteiger partial charge in [0.25, 0.3) is 0 Å². The molecule has 0 atom stereocenters. The smallest absolute Gasteiger partial charge is 0.119 e. The van der Waals surface area contributed by atoms with E-state index in [0.29, 0.717) is 0 Å². The lowest BCUT2D eigenvalue weighted by molar-refractivity contribution is 0.415. The fourth-order valence-electron chi connectivity index (χ4n) is 1.64. The zero-order valence-corrected chi connectivity index (χ0v) is 9.60. The molecule has 0 aromatic heterocycles. The minimum absolute atomic E-state index is 0.860. The molecule has 1 aliphatic rings. The maximum absolute atomic E-state index is 5.10. The minimum Gasteiger partial charge on any atom is -0.497 e. The summed E-state index contributed by atoms with van der Waals surface area (Å²) in [7, 11) is 1.67. The summed E-state index contributed by atoms with van der Waals surface area (Å²) in [5.41, 5.74) is 3.33. The Balaban J connectivity index is 2.15. The molecule has 0 saturated carbocycles. The molecule has 2 nitrogen and oxygen atoms in total. The Labute approximate surface area is 96.0 Å². The third kappa shape index (κ3) is 2.40. The van der Waals surface area contributed by atoms with Crippen LogP contribution in [-0.2, 0) is 0 Å². The largest absolute Gasteiger partial charge is 0.497 e. The Morgan fingerprint density at radius 1 is 1.25 bits per heavy atom. The summed E-state index contributed by atoms with van der Waals surface area (Å²) in [6.07, 6.45) is 7.32. The molecule has 1 aromatic rings. The first-order valence-corrected chi connectivity index (χ1v) is 5.35. The average molecular weight is 213 g/mol. The third-order valence-corrected chi connectivity index (χ3v) is 2.61. The number of hydrogen-bond acceptors (Lipinski definition) is 2. The molecular formula is C14H15NO. The number of nitrogens with zero attached hydrogens (tertiary/aromatic N) is 1. The highest BCUT2D eigenvalue weighted by atomic mass is 16.5. The lowest BCUT2D eigenvalue weighted by Gasteiger charge is -2.02. The van der Waals surface area contributed by atoms with E-state index in [2.05, 4.69) is 23.2 Å². The van der Waals surface area contributed by atoms with Crippen LogP contribution in [0.5, 0.6) is 5.75 Å². The number of benzene rings is 1. The van der Waals surface area contributed by atoms with E-state index >= 15 is 0 Å². The van der Waals surface area contributed by atoms with Crippen molar-refractivity contribution in [3.05, 3.63) is 48.1 Å². The van der Waals surface area contributed by atoms with Crippen LogP contribution in [0.1, 0.15) is 13.3 Å². The van der Waals surface area contributed by atoms with Crippen molar-refractivity contribution in [1.82, 2.24) is 0 Å². The number of allylic oxidation sites excluding steroid dienone is 4. The van der Waals surface area contributed by atoms with E-state index in [9.17, 15) is 0 Å². The summed E-state index contributed by atoms with van der Waals surface area (Å²) in [4.78, 5) is 4.57. The van der Waals surface area contributed by atoms with E-state index in [-0.39, 0.29) is 0 Å². The zero-order chi connectivity index (χ0) is 11.4. The Morgan fingerprint density at radius 2 is 2.00 bits per heavy atom. The van der Waals surface area contributed by atoms with Crippen molar-refractivity contribution in [3.8, 4) is 5.75 Å². The molecule has 2 heteroatoms. The van der Waals surface area contributed by atoms with E-state index in [1.54, 1.807) is 7.11 Å². The lowest BCUT2D eigenvalue weighted by atomic mass is 10.1.